The van der Waals surface area contributed by atoms with Crippen LogP contribution in [0, 0.1) is 0 Å². The highest BCUT2D eigenvalue weighted by atomic mass is 32.1. The number of aryl methyl sites for hydroxylation is 1. The minimum Gasteiger partial charge on any atom is -0.497 e. The Hall–Kier alpha value is -2.27. The van der Waals surface area contributed by atoms with Gasteiger partial charge in [0.05, 0.1) is 30.6 Å². The monoisotopic (exact) mass is 314 g/mol. The number of methoxy groups -OCH3 is 2. The van der Waals surface area contributed by atoms with Gasteiger partial charge in [0.15, 0.2) is 0 Å². The van der Waals surface area contributed by atoms with E-state index in [0.29, 0.717) is 17.1 Å². The van der Waals surface area contributed by atoms with Gasteiger partial charge in [0, 0.05) is 12.1 Å². The Kier molecular flexibility index (Phi) is 3.66. The second kappa shape index (κ2) is 5.50. The first-order valence-corrected chi connectivity index (χ1v) is 7.22. The summed E-state index contributed by atoms with van der Waals surface area (Å²) in [5.74, 6) is 1.40. The molecule has 0 aliphatic heterocycles. The predicted octanol–water partition coefficient (Wildman–Crippen LogP) is 2.90. The fraction of sp³-hybridized carbons (Fsp3) is 0.176. The molecule has 0 aliphatic rings. The van der Waals surface area contributed by atoms with Crippen LogP contribution >= 0.6 is 12.6 Å². The number of carbonyl (C=O) groups excluding carboxylic acids is 1. The van der Waals surface area contributed by atoms with E-state index >= 15 is 0 Å². The lowest BCUT2D eigenvalue weighted by Crippen LogP contribution is -2.31. The molecular weight excluding hydrogens is 298 g/mol. The molecule has 0 saturated carbocycles. The van der Waals surface area contributed by atoms with Crippen molar-refractivity contribution in [3.63, 3.8) is 0 Å². The summed E-state index contributed by atoms with van der Waals surface area (Å²) in [4.78, 5) is 12.2. The van der Waals surface area contributed by atoms with Crippen LogP contribution in [0.3, 0.4) is 0 Å². The highest BCUT2D eigenvalue weighted by molar-refractivity contribution is 7.97. The number of thiol groups is 1. The Morgan fingerprint density at radius 2 is 1.41 bits per heavy atom. The smallest absolute Gasteiger partial charge is 0.218 e. The van der Waals surface area contributed by atoms with E-state index < -0.39 is 0 Å². The van der Waals surface area contributed by atoms with Gasteiger partial charge >= 0.3 is 0 Å². The van der Waals surface area contributed by atoms with Crippen molar-refractivity contribution in [1.29, 1.82) is 0 Å². The average Bonchev–Trinajstić information content (AvgIpc) is 2.53. The second-order valence-corrected chi connectivity index (χ2v) is 5.41. The van der Waals surface area contributed by atoms with Gasteiger partial charge in [0.2, 0.25) is 16.1 Å². The maximum absolute atomic E-state index is 12.2. The lowest BCUT2D eigenvalue weighted by Gasteiger charge is -2.10. The van der Waals surface area contributed by atoms with Crippen molar-refractivity contribution < 1.29 is 18.8 Å². The van der Waals surface area contributed by atoms with Crippen LogP contribution in [-0.4, -0.2) is 19.3 Å². The van der Waals surface area contributed by atoms with Crippen LogP contribution in [0.15, 0.2) is 36.4 Å². The number of carbonyl (C=O) groups is 1. The molecule has 5 heteroatoms. The Labute approximate surface area is 133 Å². The molecule has 0 bridgehead atoms. The summed E-state index contributed by atoms with van der Waals surface area (Å²) in [7, 11) is 5.18. The molecule has 0 amide bonds. The molecule has 2 aromatic carbocycles. The predicted molar refractivity (Wildman–Crippen MR) is 89.1 cm³/mol. The summed E-state index contributed by atoms with van der Waals surface area (Å²) >= 11 is 4.07. The Balaban J connectivity index is 2.55. The third-order valence-electron chi connectivity index (χ3n) is 3.88. The average molecular weight is 314 g/mol. The van der Waals surface area contributed by atoms with Crippen LogP contribution in [0.5, 0.6) is 11.5 Å². The van der Waals surface area contributed by atoms with E-state index in [4.69, 9.17) is 9.47 Å². The van der Waals surface area contributed by atoms with Crippen LogP contribution in [0.2, 0.25) is 0 Å². The van der Waals surface area contributed by atoms with Crippen molar-refractivity contribution in [2.24, 2.45) is 7.05 Å². The van der Waals surface area contributed by atoms with E-state index in [1.54, 1.807) is 14.2 Å². The van der Waals surface area contributed by atoms with Gasteiger partial charge in [-0.05, 0) is 24.3 Å². The van der Waals surface area contributed by atoms with E-state index in [2.05, 4.69) is 12.6 Å². The second-order valence-electron chi connectivity index (χ2n) is 5.01. The topological polar surface area (TPSA) is 39.4 Å². The van der Waals surface area contributed by atoms with Gasteiger partial charge in [0.1, 0.15) is 18.5 Å². The van der Waals surface area contributed by atoms with Crippen molar-refractivity contribution in [2.75, 3.05) is 14.2 Å². The van der Waals surface area contributed by atoms with Gasteiger partial charge in [-0.25, -0.2) is 0 Å². The fourth-order valence-electron chi connectivity index (χ4n) is 2.77. The number of benzene rings is 2. The van der Waals surface area contributed by atoms with Crippen LogP contribution in [0.4, 0.5) is 0 Å². The van der Waals surface area contributed by atoms with E-state index in [1.807, 2.05) is 48.0 Å². The van der Waals surface area contributed by atoms with Gasteiger partial charge in [-0.2, -0.15) is 4.57 Å². The molecule has 0 fully saturated rings. The van der Waals surface area contributed by atoms with Crippen LogP contribution in [-0.2, 0) is 7.05 Å². The molecule has 0 saturated heterocycles. The minimum absolute atomic E-state index is 0.280. The van der Waals surface area contributed by atoms with Crippen molar-refractivity contribution in [1.82, 2.24) is 0 Å². The fourth-order valence-corrected chi connectivity index (χ4v) is 3.02. The molecule has 1 heterocycles. The largest absolute Gasteiger partial charge is 0.497 e. The van der Waals surface area contributed by atoms with Crippen molar-refractivity contribution in [2.45, 2.75) is 0 Å². The van der Waals surface area contributed by atoms with E-state index in [1.165, 1.54) is 0 Å². The third kappa shape index (κ3) is 2.18. The lowest BCUT2D eigenvalue weighted by atomic mass is 10.0. The number of pyridine rings is 1. The Morgan fingerprint density at radius 3 is 1.77 bits per heavy atom. The number of ether oxygens (including phenoxy) is 2. The third-order valence-corrected chi connectivity index (χ3v) is 4.11. The summed E-state index contributed by atoms with van der Waals surface area (Å²) in [6, 6.07) is 11.4. The lowest BCUT2D eigenvalue weighted by molar-refractivity contribution is -0.617. The van der Waals surface area contributed by atoms with Gasteiger partial charge in [0.25, 0.3) is 0 Å². The SMILES string of the molecule is COc1ccc2c(c1)c(C(=O)S)c1cc(OC)ccc1[n+]2C. The Bertz CT molecular complexity index is 840. The number of rotatable bonds is 3. The molecule has 112 valence electrons. The van der Waals surface area contributed by atoms with E-state index in [9.17, 15) is 4.79 Å². The summed E-state index contributed by atoms with van der Waals surface area (Å²) in [5.41, 5.74) is 2.44. The van der Waals surface area contributed by atoms with Crippen LogP contribution < -0.4 is 14.0 Å². The first-order valence-electron chi connectivity index (χ1n) is 6.77. The summed E-state index contributed by atoms with van der Waals surface area (Å²) in [6.07, 6.45) is 0. The van der Waals surface area contributed by atoms with Gasteiger partial charge < -0.3 is 9.47 Å². The molecule has 3 rings (SSSR count). The highest BCUT2D eigenvalue weighted by Crippen LogP contribution is 2.30. The molecule has 0 aliphatic carbocycles. The number of hydrogen-bond donors (Lipinski definition) is 1. The minimum atomic E-state index is -0.280. The molecule has 0 N–H and O–H groups in total. The zero-order valence-corrected chi connectivity index (χ0v) is 13.5. The molecule has 0 atom stereocenters. The molecule has 3 aromatic rings. The number of hydrogen-bond acceptors (Lipinski definition) is 3. The molecule has 0 unspecified atom stereocenters. The van der Waals surface area contributed by atoms with Crippen LogP contribution in [0.25, 0.3) is 21.8 Å². The van der Waals surface area contributed by atoms with Gasteiger partial charge in [-0.3, -0.25) is 4.79 Å². The zero-order chi connectivity index (χ0) is 15.9. The first kappa shape index (κ1) is 14.7. The summed E-state index contributed by atoms with van der Waals surface area (Å²) in [5, 5.41) is 1.34. The zero-order valence-electron chi connectivity index (χ0n) is 12.6. The van der Waals surface area contributed by atoms with Gasteiger partial charge in [-0.15, -0.1) is 12.6 Å². The Morgan fingerprint density at radius 1 is 0.955 bits per heavy atom. The molecule has 0 spiro atoms. The highest BCUT2D eigenvalue weighted by Gasteiger charge is 2.22. The first-order chi connectivity index (χ1) is 10.6. The van der Waals surface area contributed by atoms with Crippen molar-refractivity contribution in [3.05, 3.63) is 42.0 Å². The maximum Gasteiger partial charge on any atom is 0.218 e. The van der Waals surface area contributed by atoms with Crippen molar-refractivity contribution in [3.8, 4) is 11.5 Å². The standard InChI is InChI=1S/C17H15NO3S/c1-18-14-6-4-10(20-2)8-12(14)16(17(19)22)13-9-11(21-3)5-7-15(13)18/h4-9H,1-3H3/p+1. The van der Waals surface area contributed by atoms with Gasteiger partial charge in [-0.1, -0.05) is 0 Å². The summed E-state index contributed by atoms with van der Waals surface area (Å²) < 4.78 is 12.6. The molecular formula is C17H16NO3S+. The number of aromatic nitrogens is 1. The van der Waals surface area contributed by atoms with Crippen LogP contribution in [0.1, 0.15) is 10.4 Å². The van der Waals surface area contributed by atoms with E-state index in [-0.39, 0.29) is 5.12 Å². The normalized spacial score (nSPS) is 10.9. The molecule has 22 heavy (non-hydrogen) atoms. The maximum atomic E-state index is 12.2. The quantitative estimate of drug-likeness (QED) is 0.459. The molecule has 1 aromatic heterocycles. The van der Waals surface area contributed by atoms with E-state index in [0.717, 1.165) is 21.8 Å². The molecule has 4 nitrogen and oxygen atoms in total. The number of fused-ring (bicyclic) bond motifs is 2. The molecule has 0 radical (unpaired) electrons. The van der Waals surface area contributed by atoms with Crippen molar-refractivity contribution >= 4 is 39.5 Å². The number of nitrogens with zero attached hydrogens (tertiary/aromatic N) is 1. The summed E-state index contributed by atoms with van der Waals surface area (Å²) in [6.45, 7) is 0.